The average Bonchev–Trinajstić information content (AvgIpc) is 2.68. The van der Waals surface area contributed by atoms with Crippen LogP contribution in [0.2, 0.25) is 0 Å². The molecule has 0 bridgehead atoms. The largest absolute Gasteiger partial charge is 0.461 e. The van der Waals surface area contributed by atoms with Crippen molar-refractivity contribution >= 4 is 27.5 Å². The van der Waals surface area contributed by atoms with Crippen molar-refractivity contribution in [3.8, 4) is 0 Å². The second-order valence-electron chi connectivity index (χ2n) is 2.60. The molecule has 0 aliphatic heterocycles. The Kier molecular flexibility index (Phi) is 2.46. The number of nitrogens with one attached hydrogen (secondary N) is 1. The molecule has 0 unspecified atom stereocenters. The summed E-state index contributed by atoms with van der Waals surface area (Å²) in [5.74, 6) is -0.599. The van der Waals surface area contributed by atoms with Gasteiger partial charge in [0.1, 0.15) is 10.2 Å². The second-order valence-corrected chi connectivity index (χ2v) is 3.40. The molecule has 0 fully saturated rings. The zero-order valence-corrected chi connectivity index (χ0v) is 8.55. The van der Waals surface area contributed by atoms with E-state index in [0.717, 1.165) is 11.3 Å². The van der Waals surface area contributed by atoms with Gasteiger partial charge in [0, 0.05) is 0 Å². The lowest BCUT2D eigenvalue weighted by Gasteiger charge is -1.99. The van der Waals surface area contributed by atoms with Gasteiger partial charge in [-0.05, 0) is 6.92 Å². The van der Waals surface area contributed by atoms with Crippen molar-refractivity contribution in [3.05, 3.63) is 21.6 Å². The molecule has 0 saturated heterocycles. The molecule has 1 radical (unpaired) electrons. The molecule has 6 nitrogen and oxygen atoms in total. The summed E-state index contributed by atoms with van der Waals surface area (Å²) in [6.45, 7) is 1.93. The molecule has 0 amide bonds. The summed E-state index contributed by atoms with van der Waals surface area (Å²) >= 11 is 1.04. The molecule has 0 atom stereocenters. The van der Waals surface area contributed by atoms with Gasteiger partial charge in [0.2, 0.25) is 0 Å². The molecule has 77 valence electrons. The highest BCUT2D eigenvalue weighted by Gasteiger charge is 2.17. The number of nitrogens with zero attached hydrogens (tertiary/aromatic N) is 2. The van der Waals surface area contributed by atoms with Gasteiger partial charge in [-0.1, -0.05) is 0 Å². The van der Waals surface area contributed by atoms with Gasteiger partial charge in [-0.2, -0.15) is 5.10 Å². The maximum Gasteiger partial charge on any atom is 0.361 e. The smallest absolute Gasteiger partial charge is 0.361 e. The molecule has 0 aliphatic carbocycles. The van der Waals surface area contributed by atoms with Crippen molar-refractivity contribution in [3.63, 3.8) is 0 Å². The Balaban J connectivity index is 2.62. The second kappa shape index (κ2) is 3.77. The van der Waals surface area contributed by atoms with Gasteiger partial charge >= 0.3 is 5.97 Å². The molecule has 0 saturated carbocycles. The fourth-order valence-corrected chi connectivity index (χ4v) is 1.69. The maximum atomic E-state index is 11.4. The van der Waals surface area contributed by atoms with Crippen LogP contribution in [0.4, 0.5) is 0 Å². The molecule has 2 rings (SSSR count). The Morgan fingerprint density at radius 3 is 3.20 bits per heavy atom. The third-order valence-corrected chi connectivity index (χ3v) is 2.45. The predicted octanol–water partition coefficient (Wildman–Crippen LogP) is 0.356. The Morgan fingerprint density at radius 2 is 2.47 bits per heavy atom. The molecular formula is C8H6N3O3S. The first kappa shape index (κ1) is 9.78. The fourth-order valence-electron chi connectivity index (χ4n) is 1.08. The van der Waals surface area contributed by atoms with Crippen LogP contribution < -0.4 is 5.56 Å². The van der Waals surface area contributed by atoms with Crippen LogP contribution in [0.1, 0.15) is 17.4 Å². The number of aromatic amines is 1. The van der Waals surface area contributed by atoms with E-state index in [1.165, 1.54) is 0 Å². The zero-order chi connectivity index (χ0) is 10.8. The van der Waals surface area contributed by atoms with Crippen LogP contribution >= 0.6 is 11.3 Å². The SMILES string of the molecule is CCOC(=O)c1n[nH]c(=O)c2s[c]nc12. The number of hydrogen-bond donors (Lipinski definition) is 1. The number of hydrogen-bond acceptors (Lipinski definition) is 6. The number of ether oxygens (including phenoxy) is 1. The number of aromatic nitrogens is 3. The van der Waals surface area contributed by atoms with E-state index in [9.17, 15) is 9.59 Å². The van der Waals surface area contributed by atoms with E-state index in [-0.39, 0.29) is 23.4 Å². The maximum absolute atomic E-state index is 11.4. The van der Waals surface area contributed by atoms with Crippen molar-refractivity contribution in [2.45, 2.75) is 6.92 Å². The van der Waals surface area contributed by atoms with Gasteiger partial charge in [0.15, 0.2) is 11.2 Å². The average molecular weight is 224 g/mol. The summed E-state index contributed by atoms with van der Waals surface area (Å²) in [5, 5.41) is 5.82. The Bertz CT molecular complexity index is 560. The van der Waals surface area contributed by atoms with Crippen LogP contribution in [-0.4, -0.2) is 27.8 Å². The van der Waals surface area contributed by atoms with E-state index in [1.54, 1.807) is 6.92 Å². The van der Waals surface area contributed by atoms with Crippen molar-refractivity contribution < 1.29 is 9.53 Å². The zero-order valence-electron chi connectivity index (χ0n) is 7.73. The van der Waals surface area contributed by atoms with Gasteiger partial charge < -0.3 is 4.74 Å². The lowest BCUT2D eigenvalue weighted by Crippen LogP contribution is -2.15. The first-order chi connectivity index (χ1) is 7.24. The standard InChI is InChI=1S/C8H6N3O3S/c1-2-14-8(13)5-4-6(15-3-9-4)7(12)11-10-5/h2H2,1H3,(H,11,12). The van der Waals surface area contributed by atoms with E-state index in [1.807, 2.05) is 0 Å². The number of carbonyl (C=O) groups is 1. The van der Waals surface area contributed by atoms with Gasteiger partial charge in [-0.3, -0.25) is 4.79 Å². The van der Waals surface area contributed by atoms with Crippen LogP contribution in [0.5, 0.6) is 0 Å². The molecule has 1 N–H and O–H groups in total. The first-order valence-corrected chi connectivity index (χ1v) is 4.98. The van der Waals surface area contributed by atoms with Crippen LogP contribution in [0, 0.1) is 5.51 Å². The van der Waals surface area contributed by atoms with Crippen molar-refractivity contribution in [2.75, 3.05) is 6.61 Å². The highest BCUT2D eigenvalue weighted by Crippen LogP contribution is 2.15. The molecule has 0 aromatic carbocycles. The van der Waals surface area contributed by atoms with Crippen LogP contribution in [-0.2, 0) is 4.74 Å². The Hall–Kier alpha value is -1.76. The lowest BCUT2D eigenvalue weighted by atomic mass is 10.3. The van der Waals surface area contributed by atoms with Gasteiger partial charge in [-0.25, -0.2) is 14.9 Å². The first-order valence-electron chi connectivity index (χ1n) is 4.16. The normalized spacial score (nSPS) is 10.5. The summed E-state index contributed by atoms with van der Waals surface area (Å²) in [5.41, 5.74) is 2.42. The number of H-pyrrole nitrogens is 1. The number of esters is 1. The summed E-state index contributed by atoms with van der Waals surface area (Å²) in [6, 6.07) is 0. The quantitative estimate of drug-likeness (QED) is 0.744. The monoisotopic (exact) mass is 224 g/mol. The van der Waals surface area contributed by atoms with E-state index in [2.05, 4.69) is 20.7 Å². The van der Waals surface area contributed by atoms with E-state index in [0.29, 0.717) is 4.70 Å². The summed E-state index contributed by atoms with van der Waals surface area (Å²) in [4.78, 5) is 26.5. The van der Waals surface area contributed by atoms with E-state index >= 15 is 0 Å². The summed E-state index contributed by atoms with van der Waals surface area (Å²) < 4.78 is 5.10. The number of carbonyl (C=O) groups excluding carboxylic acids is 1. The molecule has 0 spiro atoms. The molecule has 2 aromatic heterocycles. The Labute approximate surface area is 87.9 Å². The molecule has 2 heterocycles. The van der Waals surface area contributed by atoms with Crippen LogP contribution in [0.25, 0.3) is 10.2 Å². The topological polar surface area (TPSA) is 84.9 Å². The van der Waals surface area contributed by atoms with Crippen molar-refractivity contribution in [2.24, 2.45) is 0 Å². The minimum Gasteiger partial charge on any atom is -0.461 e. The molecular weight excluding hydrogens is 218 g/mol. The third-order valence-electron chi connectivity index (χ3n) is 1.69. The highest BCUT2D eigenvalue weighted by molar-refractivity contribution is 7.16. The highest BCUT2D eigenvalue weighted by atomic mass is 32.1. The number of thiazole rings is 1. The minimum atomic E-state index is -0.599. The Morgan fingerprint density at radius 1 is 1.67 bits per heavy atom. The lowest BCUT2D eigenvalue weighted by molar-refractivity contribution is 0.0520. The van der Waals surface area contributed by atoms with E-state index in [4.69, 9.17) is 4.74 Å². The molecule has 0 aliphatic rings. The summed E-state index contributed by atoms with van der Waals surface area (Å²) in [6.07, 6.45) is 0. The number of fused-ring (bicyclic) bond motifs is 1. The molecule has 2 aromatic rings. The molecule has 7 heteroatoms. The number of rotatable bonds is 2. The molecule has 15 heavy (non-hydrogen) atoms. The van der Waals surface area contributed by atoms with Crippen molar-refractivity contribution in [1.29, 1.82) is 0 Å². The third kappa shape index (κ3) is 1.61. The summed E-state index contributed by atoms with van der Waals surface area (Å²) in [7, 11) is 0. The predicted molar refractivity (Wildman–Crippen MR) is 52.8 cm³/mol. The van der Waals surface area contributed by atoms with Gasteiger partial charge in [-0.15, -0.1) is 11.3 Å². The van der Waals surface area contributed by atoms with Crippen molar-refractivity contribution in [1.82, 2.24) is 15.2 Å². The van der Waals surface area contributed by atoms with Gasteiger partial charge in [0.05, 0.1) is 6.61 Å². The van der Waals surface area contributed by atoms with E-state index < -0.39 is 5.97 Å². The van der Waals surface area contributed by atoms with Crippen LogP contribution in [0.3, 0.4) is 0 Å². The van der Waals surface area contributed by atoms with Crippen LogP contribution in [0.15, 0.2) is 4.79 Å². The van der Waals surface area contributed by atoms with Gasteiger partial charge in [0.25, 0.3) is 5.56 Å². The fraction of sp³-hybridized carbons (Fsp3) is 0.250. The minimum absolute atomic E-state index is 0.0175.